The van der Waals surface area contributed by atoms with Gasteiger partial charge >= 0.3 is 6.18 Å². The molecule has 1 aromatic carbocycles. The lowest BCUT2D eigenvalue weighted by atomic mass is 10.1. The minimum absolute atomic E-state index is 0.185. The summed E-state index contributed by atoms with van der Waals surface area (Å²) in [5, 5.41) is 0. The lowest BCUT2D eigenvalue weighted by Gasteiger charge is -2.19. The van der Waals surface area contributed by atoms with Gasteiger partial charge in [-0.15, -0.1) is 0 Å². The molecule has 0 fully saturated rings. The van der Waals surface area contributed by atoms with Crippen LogP contribution >= 0.6 is 0 Å². The summed E-state index contributed by atoms with van der Waals surface area (Å²) in [6.07, 6.45) is -5.28. The van der Waals surface area contributed by atoms with Gasteiger partial charge < -0.3 is 15.2 Å². The number of nitrogens with two attached hydrogens (primary N) is 1. The van der Waals surface area contributed by atoms with Crippen LogP contribution in [0.4, 0.5) is 13.2 Å². The number of hydrogen-bond acceptors (Lipinski definition) is 3. The Labute approximate surface area is 116 Å². The van der Waals surface area contributed by atoms with E-state index in [1.54, 1.807) is 24.3 Å². The number of hydrogen-bond donors (Lipinski definition) is 1. The van der Waals surface area contributed by atoms with Gasteiger partial charge in [0.2, 0.25) is 0 Å². The SMILES string of the molecule is CCCOc1ccc(C(N)COC(C)C(F)(F)F)cc1. The van der Waals surface area contributed by atoms with Gasteiger partial charge in [0.05, 0.1) is 19.3 Å². The first kappa shape index (κ1) is 16.8. The van der Waals surface area contributed by atoms with Gasteiger partial charge in [0, 0.05) is 0 Å². The van der Waals surface area contributed by atoms with E-state index in [0.717, 1.165) is 13.3 Å². The fraction of sp³-hybridized carbons (Fsp3) is 0.571. The summed E-state index contributed by atoms with van der Waals surface area (Å²) in [6.45, 7) is 3.41. The maximum atomic E-state index is 12.3. The molecule has 2 N–H and O–H groups in total. The Morgan fingerprint density at radius 2 is 1.80 bits per heavy atom. The van der Waals surface area contributed by atoms with Crippen molar-refractivity contribution in [1.82, 2.24) is 0 Å². The molecule has 0 saturated heterocycles. The Morgan fingerprint density at radius 1 is 1.20 bits per heavy atom. The highest BCUT2D eigenvalue weighted by Crippen LogP contribution is 2.24. The van der Waals surface area contributed by atoms with Crippen LogP contribution in [0.3, 0.4) is 0 Å². The Hall–Kier alpha value is -1.27. The molecule has 6 heteroatoms. The van der Waals surface area contributed by atoms with E-state index in [0.29, 0.717) is 17.9 Å². The van der Waals surface area contributed by atoms with Gasteiger partial charge in [0.15, 0.2) is 6.10 Å². The zero-order valence-electron chi connectivity index (χ0n) is 11.6. The largest absolute Gasteiger partial charge is 0.494 e. The fourth-order valence-electron chi connectivity index (χ4n) is 1.47. The second-order valence-corrected chi connectivity index (χ2v) is 4.54. The number of alkyl halides is 3. The predicted molar refractivity (Wildman–Crippen MR) is 70.6 cm³/mol. The molecule has 0 amide bonds. The van der Waals surface area contributed by atoms with Crippen molar-refractivity contribution in [3.8, 4) is 5.75 Å². The molecule has 0 saturated carbocycles. The zero-order valence-corrected chi connectivity index (χ0v) is 11.6. The first-order chi connectivity index (χ1) is 9.34. The van der Waals surface area contributed by atoms with E-state index in [-0.39, 0.29) is 6.61 Å². The standard InChI is InChI=1S/C14H20F3NO2/c1-3-8-19-12-6-4-11(5-7-12)13(18)9-20-10(2)14(15,16)17/h4-7,10,13H,3,8-9,18H2,1-2H3. The van der Waals surface area contributed by atoms with Gasteiger partial charge in [-0.25, -0.2) is 0 Å². The summed E-state index contributed by atoms with van der Waals surface area (Å²) in [6, 6.07) is 6.37. The average Bonchev–Trinajstić information content (AvgIpc) is 2.41. The van der Waals surface area contributed by atoms with E-state index in [2.05, 4.69) is 0 Å². The molecule has 0 aliphatic rings. The van der Waals surface area contributed by atoms with E-state index >= 15 is 0 Å². The van der Waals surface area contributed by atoms with Gasteiger partial charge in [0.1, 0.15) is 5.75 Å². The Morgan fingerprint density at radius 3 is 2.30 bits per heavy atom. The zero-order chi connectivity index (χ0) is 15.2. The molecule has 20 heavy (non-hydrogen) atoms. The van der Waals surface area contributed by atoms with Gasteiger partial charge in [-0.3, -0.25) is 0 Å². The molecule has 0 bridgehead atoms. The van der Waals surface area contributed by atoms with Crippen LogP contribution in [0.15, 0.2) is 24.3 Å². The summed E-state index contributed by atoms with van der Waals surface area (Å²) < 4.78 is 47.0. The van der Waals surface area contributed by atoms with Gasteiger partial charge in [-0.2, -0.15) is 13.2 Å². The third kappa shape index (κ3) is 5.38. The summed E-state index contributed by atoms with van der Waals surface area (Å²) in [5.41, 5.74) is 6.51. The van der Waals surface area contributed by atoms with E-state index in [1.165, 1.54) is 0 Å². The Bertz CT molecular complexity index is 392. The van der Waals surface area contributed by atoms with Crippen molar-refractivity contribution in [3.05, 3.63) is 29.8 Å². The summed E-state index contributed by atoms with van der Waals surface area (Å²) >= 11 is 0. The number of halogens is 3. The third-order valence-corrected chi connectivity index (χ3v) is 2.77. The van der Waals surface area contributed by atoms with Crippen LogP contribution in [0.5, 0.6) is 5.75 Å². The highest BCUT2D eigenvalue weighted by Gasteiger charge is 2.37. The van der Waals surface area contributed by atoms with Crippen LogP contribution in [-0.2, 0) is 4.74 Å². The number of rotatable bonds is 7. The lowest BCUT2D eigenvalue weighted by molar-refractivity contribution is -0.215. The molecule has 0 aliphatic carbocycles. The first-order valence-corrected chi connectivity index (χ1v) is 6.51. The molecule has 1 aromatic rings. The fourth-order valence-corrected chi connectivity index (χ4v) is 1.47. The molecule has 2 atom stereocenters. The molecule has 1 rings (SSSR count). The van der Waals surface area contributed by atoms with Gasteiger partial charge in [0.25, 0.3) is 0 Å². The molecule has 3 nitrogen and oxygen atoms in total. The molecular formula is C14H20F3NO2. The molecule has 0 spiro atoms. The first-order valence-electron chi connectivity index (χ1n) is 6.51. The summed E-state index contributed by atoms with van der Waals surface area (Å²) in [4.78, 5) is 0. The maximum absolute atomic E-state index is 12.3. The summed E-state index contributed by atoms with van der Waals surface area (Å²) in [7, 11) is 0. The molecule has 2 unspecified atom stereocenters. The minimum atomic E-state index is -4.36. The van der Waals surface area contributed by atoms with E-state index in [9.17, 15) is 13.2 Å². The third-order valence-electron chi connectivity index (χ3n) is 2.77. The second-order valence-electron chi connectivity index (χ2n) is 4.54. The van der Waals surface area contributed by atoms with Crippen LogP contribution < -0.4 is 10.5 Å². The maximum Gasteiger partial charge on any atom is 0.414 e. The smallest absolute Gasteiger partial charge is 0.414 e. The van der Waals surface area contributed by atoms with E-state index < -0.39 is 18.3 Å². The number of ether oxygens (including phenoxy) is 2. The number of benzene rings is 1. The second kappa shape index (κ2) is 7.50. The van der Waals surface area contributed by atoms with Crippen molar-refractivity contribution >= 4 is 0 Å². The molecule has 114 valence electrons. The molecule has 0 heterocycles. The van der Waals surface area contributed by atoms with Crippen LogP contribution in [0.2, 0.25) is 0 Å². The summed E-state index contributed by atoms with van der Waals surface area (Å²) in [5.74, 6) is 0.715. The van der Waals surface area contributed by atoms with Crippen molar-refractivity contribution in [2.45, 2.75) is 38.6 Å². The highest BCUT2D eigenvalue weighted by molar-refractivity contribution is 5.29. The van der Waals surface area contributed by atoms with E-state index in [4.69, 9.17) is 15.2 Å². The van der Waals surface area contributed by atoms with Crippen molar-refractivity contribution in [2.75, 3.05) is 13.2 Å². The van der Waals surface area contributed by atoms with Crippen molar-refractivity contribution in [1.29, 1.82) is 0 Å². The Balaban J connectivity index is 2.49. The lowest BCUT2D eigenvalue weighted by Crippen LogP contribution is -2.31. The van der Waals surface area contributed by atoms with Crippen LogP contribution in [0.25, 0.3) is 0 Å². The van der Waals surface area contributed by atoms with Gasteiger partial charge in [-0.1, -0.05) is 19.1 Å². The topological polar surface area (TPSA) is 44.5 Å². The molecule has 0 aromatic heterocycles. The minimum Gasteiger partial charge on any atom is -0.494 e. The van der Waals surface area contributed by atoms with Crippen LogP contribution in [0.1, 0.15) is 31.9 Å². The quantitative estimate of drug-likeness (QED) is 0.837. The van der Waals surface area contributed by atoms with Crippen LogP contribution in [0, 0.1) is 0 Å². The molecule has 0 radical (unpaired) electrons. The Kier molecular flexibility index (Phi) is 6.29. The molecule has 0 aliphatic heterocycles. The molecular weight excluding hydrogens is 271 g/mol. The van der Waals surface area contributed by atoms with Gasteiger partial charge in [-0.05, 0) is 31.0 Å². The predicted octanol–water partition coefficient (Wildman–Crippen LogP) is 3.44. The normalized spacial score (nSPS) is 14.9. The monoisotopic (exact) mass is 291 g/mol. The van der Waals surface area contributed by atoms with Crippen molar-refractivity contribution in [2.24, 2.45) is 5.73 Å². The average molecular weight is 291 g/mol. The highest BCUT2D eigenvalue weighted by atomic mass is 19.4. The van der Waals surface area contributed by atoms with E-state index in [1.807, 2.05) is 6.92 Å². The van der Waals surface area contributed by atoms with Crippen LogP contribution in [-0.4, -0.2) is 25.5 Å². The van der Waals surface area contributed by atoms with Crippen molar-refractivity contribution in [3.63, 3.8) is 0 Å². The van der Waals surface area contributed by atoms with Crippen molar-refractivity contribution < 1.29 is 22.6 Å².